The number of rotatable bonds is 11. The quantitative estimate of drug-likeness (QED) is 0.131. The lowest BCUT2D eigenvalue weighted by molar-refractivity contribution is 0.0365. The first-order valence-corrected chi connectivity index (χ1v) is 20.4. The molecule has 0 aliphatic carbocycles. The summed E-state index contributed by atoms with van der Waals surface area (Å²) in [6.07, 6.45) is 3.99. The number of benzene rings is 3. The Balaban J connectivity index is 1.23. The largest absolute Gasteiger partial charge is 0.494 e. The molecule has 1 fully saturated rings. The summed E-state index contributed by atoms with van der Waals surface area (Å²) in [5, 5.41) is 17.8. The minimum Gasteiger partial charge on any atom is -0.494 e. The summed E-state index contributed by atoms with van der Waals surface area (Å²) in [4.78, 5) is 31.8. The van der Waals surface area contributed by atoms with Crippen LogP contribution in [0, 0.1) is 27.7 Å². The predicted octanol–water partition coefficient (Wildman–Crippen LogP) is 8.63. The minimum atomic E-state index is -0.988. The van der Waals surface area contributed by atoms with Gasteiger partial charge in [-0.15, -0.1) is 0 Å². The second-order valence-electron chi connectivity index (χ2n) is 15.3. The minimum absolute atomic E-state index is 0.0974. The Morgan fingerprint density at radius 3 is 2.37 bits per heavy atom. The molecule has 2 aliphatic rings. The van der Waals surface area contributed by atoms with Gasteiger partial charge in [0.1, 0.15) is 11.4 Å². The molecule has 3 aromatic heterocycles. The molecule has 1 amide bonds. The van der Waals surface area contributed by atoms with Gasteiger partial charge in [-0.25, -0.2) is 4.79 Å². The Morgan fingerprint density at radius 2 is 1.67 bits per heavy atom. The molecule has 0 unspecified atom stereocenters. The van der Waals surface area contributed by atoms with Crippen LogP contribution in [0.5, 0.6) is 5.75 Å². The van der Waals surface area contributed by atoms with E-state index in [1.807, 2.05) is 74.8 Å². The number of halogens is 2. The molecule has 2 aliphatic heterocycles. The Hall–Kier alpha value is -4.81. The van der Waals surface area contributed by atoms with E-state index in [0.717, 1.165) is 97.1 Å². The summed E-state index contributed by atoms with van der Waals surface area (Å²) in [6.45, 7) is 14.1. The van der Waals surface area contributed by atoms with Crippen LogP contribution in [-0.2, 0) is 31.3 Å². The highest BCUT2D eigenvalue weighted by Crippen LogP contribution is 2.44. The number of carbonyl (C=O) groups excluding carboxylic acids is 1. The number of morpholine rings is 1. The fourth-order valence-corrected chi connectivity index (χ4v) is 9.10. The maximum Gasteiger partial charge on any atom is 0.335 e. The number of aromatic carboxylic acids is 1. The van der Waals surface area contributed by atoms with Crippen molar-refractivity contribution >= 4 is 62.6 Å². The molecule has 3 aromatic carbocycles. The predicted molar refractivity (Wildman–Crippen MR) is 226 cm³/mol. The third-order valence-corrected chi connectivity index (χ3v) is 12.6. The maximum absolute atomic E-state index is 15.4. The summed E-state index contributed by atoms with van der Waals surface area (Å²) >= 11 is 13.6. The highest BCUT2D eigenvalue weighted by atomic mass is 35.5. The molecule has 0 bridgehead atoms. The van der Waals surface area contributed by atoms with Gasteiger partial charge in [0.05, 0.1) is 52.8 Å². The third kappa shape index (κ3) is 7.20. The lowest BCUT2D eigenvalue weighted by Gasteiger charge is -2.26. The van der Waals surface area contributed by atoms with Crippen LogP contribution in [-0.4, -0.2) is 86.8 Å². The molecule has 8 rings (SSSR count). The lowest BCUT2D eigenvalue weighted by Crippen LogP contribution is -2.38. The second-order valence-corrected chi connectivity index (χ2v) is 16.1. The maximum atomic E-state index is 15.4. The highest BCUT2D eigenvalue weighted by molar-refractivity contribution is 6.35. The number of hydrogen-bond acceptors (Lipinski definition) is 6. The fraction of sp³-hybridized carbons (Fsp3) is 0.386. The molecule has 11 nitrogen and oxygen atoms in total. The van der Waals surface area contributed by atoms with Crippen LogP contribution in [0.1, 0.15) is 61.8 Å². The van der Waals surface area contributed by atoms with E-state index >= 15 is 4.79 Å². The first kappa shape index (κ1) is 39.0. The van der Waals surface area contributed by atoms with E-state index in [1.54, 1.807) is 12.1 Å². The van der Waals surface area contributed by atoms with E-state index in [4.69, 9.17) is 37.8 Å². The molecule has 13 heteroatoms. The standard InChI is InChI=1S/C44H48Cl2N6O5/c1-26-22-31(23-27(2)40(26)46)57-19-6-8-32-33-11-12-35(45)39(38-28(3)47-48(5)29(38)4)41(33)52-14-7-13-51(43(53)42(32)52)37-25-50(16-15-49-17-20-56-21-18-49)36-24-30(44(54)55)9-10-34(36)37/h9-12,22-25H,6-8,13-21H2,1-5H3,(H,54,55). The lowest BCUT2D eigenvalue weighted by atomic mass is 9.98. The van der Waals surface area contributed by atoms with Crippen molar-refractivity contribution in [2.45, 2.75) is 60.0 Å². The Bertz CT molecular complexity index is 2520. The zero-order valence-corrected chi connectivity index (χ0v) is 34.6. The number of anilines is 1. The van der Waals surface area contributed by atoms with E-state index in [1.165, 1.54) is 0 Å². The first-order valence-electron chi connectivity index (χ1n) is 19.6. The second kappa shape index (κ2) is 15.9. The van der Waals surface area contributed by atoms with Gasteiger partial charge < -0.3 is 28.6 Å². The molecule has 298 valence electrons. The number of ether oxygens (including phenoxy) is 2. The van der Waals surface area contributed by atoms with E-state index in [2.05, 4.69) is 20.1 Å². The van der Waals surface area contributed by atoms with Crippen molar-refractivity contribution in [3.05, 3.63) is 98.0 Å². The van der Waals surface area contributed by atoms with Crippen molar-refractivity contribution in [2.75, 3.05) is 50.9 Å². The first-order chi connectivity index (χ1) is 27.4. The Kier molecular flexibility index (Phi) is 10.9. The van der Waals surface area contributed by atoms with Gasteiger partial charge in [-0.05, 0) is 100 Å². The van der Waals surface area contributed by atoms with Gasteiger partial charge in [-0.1, -0.05) is 29.3 Å². The zero-order valence-electron chi connectivity index (χ0n) is 33.1. The molecule has 1 saturated heterocycles. The molecule has 0 atom stereocenters. The van der Waals surface area contributed by atoms with Gasteiger partial charge in [-0.2, -0.15) is 5.10 Å². The van der Waals surface area contributed by atoms with Crippen molar-refractivity contribution in [1.29, 1.82) is 0 Å². The monoisotopic (exact) mass is 810 g/mol. The number of nitrogens with zero attached hydrogens (tertiary/aromatic N) is 6. The molecule has 5 heterocycles. The molecule has 0 saturated carbocycles. The molecule has 57 heavy (non-hydrogen) atoms. The molecule has 0 spiro atoms. The normalized spacial score (nSPS) is 15.1. The van der Waals surface area contributed by atoms with E-state index < -0.39 is 5.97 Å². The van der Waals surface area contributed by atoms with Crippen LogP contribution in [0.4, 0.5) is 5.69 Å². The molecule has 0 radical (unpaired) electrons. The smallest absolute Gasteiger partial charge is 0.335 e. The van der Waals surface area contributed by atoms with Crippen molar-refractivity contribution in [3.8, 4) is 16.9 Å². The van der Waals surface area contributed by atoms with Crippen molar-refractivity contribution < 1.29 is 24.2 Å². The number of carboxylic acid groups (broad SMARTS) is 1. The van der Waals surface area contributed by atoms with E-state index in [9.17, 15) is 9.90 Å². The fourth-order valence-electron chi connectivity index (χ4n) is 8.74. The number of amides is 1. The summed E-state index contributed by atoms with van der Waals surface area (Å²) in [5.74, 6) is -0.317. The number of fused-ring (bicyclic) bond motifs is 4. The average molecular weight is 812 g/mol. The van der Waals surface area contributed by atoms with Gasteiger partial charge in [-0.3, -0.25) is 14.4 Å². The van der Waals surface area contributed by atoms with Crippen LogP contribution in [0.2, 0.25) is 10.0 Å². The summed E-state index contributed by atoms with van der Waals surface area (Å²) in [7, 11) is 1.94. The third-order valence-electron chi connectivity index (χ3n) is 11.7. The van der Waals surface area contributed by atoms with Gasteiger partial charge >= 0.3 is 5.97 Å². The SMILES string of the molecule is Cc1cc(OCCCc2c3n(c4c(-c5c(C)nn(C)c5C)c(Cl)ccc24)CCCN(c2cn(CCN4CCOCC4)c4cc(C(=O)O)ccc24)C3=O)cc(C)c1Cl. The van der Waals surface area contributed by atoms with Crippen LogP contribution >= 0.6 is 23.2 Å². The van der Waals surface area contributed by atoms with Crippen LogP contribution in [0.15, 0.2) is 48.7 Å². The van der Waals surface area contributed by atoms with Gasteiger partial charge in [0.25, 0.3) is 5.91 Å². The summed E-state index contributed by atoms with van der Waals surface area (Å²) in [6, 6.07) is 13.1. The molecule has 6 aromatic rings. The van der Waals surface area contributed by atoms with Gasteiger partial charge in [0, 0.05) is 85.1 Å². The number of carboxylic acids is 1. The number of aromatic nitrogens is 4. The number of aryl methyl sites for hydroxylation is 6. The topological polar surface area (TPSA) is 107 Å². The van der Waals surface area contributed by atoms with E-state index in [-0.39, 0.29) is 11.5 Å². The molecule has 1 N–H and O–H groups in total. The van der Waals surface area contributed by atoms with Crippen molar-refractivity contribution in [2.24, 2.45) is 7.05 Å². The molecular formula is C44H48Cl2N6O5. The summed E-state index contributed by atoms with van der Waals surface area (Å²) < 4.78 is 18.0. The highest BCUT2D eigenvalue weighted by Gasteiger charge is 2.34. The van der Waals surface area contributed by atoms with Crippen molar-refractivity contribution in [3.63, 3.8) is 0 Å². The average Bonchev–Trinajstić information content (AvgIpc) is 3.75. The number of hydrogen-bond donors (Lipinski definition) is 1. The van der Waals surface area contributed by atoms with Crippen LogP contribution in [0.25, 0.3) is 32.9 Å². The van der Waals surface area contributed by atoms with E-state index in [0.29, 0.717) is 69.4 Å². The van der Waals surface area contributed by atoms with Crippen LogP contribution < -0.4 is 9.64 Å². The Labute approximate surface area is 342 Å². The van der Waals surface area contributed by atoms with Crippen molar-refractivity contribution in [1.82, 2.24) is 23.8 Å². The number of carbonyl (C=O) groups is 2. The van der Waals surface area contributed by atoms with Gasteiger partial charge in [0.2, 0.25) is 0 Å². The zero-order chi connectivity index (χ0) is 40.1. The summed E-state index contributed by atoms with van der Waals surface area (Å²) in [5.41, 5.74) is 9.95. The van der Waals surface area contributed by atoms with Gasteiger partial charge in [0.15, 0.2) is 0 Å². The Morgan fingerprint density at radius 1 is 0.930 bits per heavy atom. The molecular weight excluding hydrogens is 763 g/mol. The van der Waals surface area contributed by atoms with Crippen LogP contribution in [0.3, 0.4) is 0 Å².